The van der Waals surface area contributed by atoms with Gasteiger partial charge < -0.3 is 10.0 Å². The summed E-state index contributed by atoms with van der Waals surface area (Å²) in [5.41, 5.74) is 1.17. The molecule has 3 aromatic heterocycles. The second kappa shape index (κ2) is 7.13. The van der Waals surface area contributed by atoms with Crippen LogP contribution < -0.4 is 0 Å². The zero-order valence-corrected chi connectivity index (χ0v) is 15.0. The zero-order valence-electron chi connectivity index (χ0n) is 14.1. The Morgan fingerprint density at radius 1 is 1.07 bits per heavy atom. The van der Waals surface area contributed by atoms with Crippen molar-refractivity contribution in [1.82, 2.24) is 14.9 Å². The molecule has 1 amide bonds. The molecule has 6 nitrogen and oxygen atoms in total. The first kappa shape index (κ1) is 17.1. The molecule has 27 heavy (non-hydrogen) atoms. The van der Waals surface area contributed by atoms with Crippen LogP contribution in [0.15, 0.2) is 72.1 Å². The minimum Gasteiger partial charge on any atom is -0.507 e. The van der Waals surface area contributed by atoms with Crippen molar-refractivity contribution in [2.75, 3.05) is 0 Å². The van der Waals surface area contributed by atoms with Gasteiger partial charge in [-0.2, -0.15) is 0 Å². The van der Waals surface area contributed by atoms with Crippen molar-refractivity contribution in [3.05, 3.63) is 88.1 Å². The highest BCUT2D eigenvalue weighted by Gasteiger charge is 2.46. The molecule has 1 fully saturated rings. The van der Waals surface area contributed by atoms with Crippen molar-refractivity contribution < 1.29 is 14.7 Å². The summed E-state index contributed by atoms with van der Waals surface area (Å²) < 4.78 is 0. The molecule has 0 saturated carbocycles. The maximum atomic E-state index is 12.8. The molecule has 1 N–H and O–H groups in total. The van der Waals surface area contributed by atoms with Gasteiger partial charge >= 0.3 is 0 Å². The van der Waals surface area contributed by atoms with Crippen LogP contribution in [0.5, 0.6) is 0 Å². The van der Waals surface area contributed by atoms with Gasteiger partial charge in [-0.3, -0.25) is 19.6 Å². The zero-order chi connectivity index (χ0) is 18.8. The Bertz CT molecular complexity index is 1000. The van der Waals surface area contributed by atoms with Gasteiger partial charge in [0.2, 0.25) is 0 Å². The average molecular weight is 377 g/mol. The Kier molecular flexibility index (Phi) is 4.52. The predicted octanol–water partition coefficient (Wildman–Crippen LogP) is 3.16. The van der Waals surface area contributed by atoms with E-state index in [1.54, 1.807) is 36.7 Å². The fourth-order valence-electron chi connectivity index (χ4n) is 3.16. The third-order valence-electron chi connectivity index (χ3n) is 4.40. The number of aliphatic hydroxyl groups excluding tert-OH is 1. The average Bonchev–Trinajstić information content (AvgIpc) is 3.31. The predicted molar refractivity (Wildman–Crippen MR) is 101 cm³/mol. The van der Waals surface area contributed by atoms with Crippen LogP contribution in [0, 0.1) is 0 Å². The summed E-state index contributed by atoms with van der Waals surface area (Å²) in [6.45, 7) is 0.287. The molecule has 1 aliphatic rings. The molecule has 0 aromatic carbocycles. The van der Waals surface area contributed by atoms with Gasteiger partial charge in [-0.1, -0.05) is 12.1 Å². The molecule has 0 bridgehead atoms. The molecule has 0 radical (unpaired) electrons. The smallest absolute Gasteiger partial charge is 0.295 e. The van der Waals surface area contributed by atoms with Crippen LogP contribution in [0.2, 0.25) is 0 Å². The van der Waals surface area contributed by atoms with Crippen molar-refractivity contribution >= 4 is 28.8 Å². The highest BCUT2D eigenvalue weighted by atomic mass is 32.1. The summed E-state index contributed by atoms with van der Waals surface area (Å²) in [5, 5.41) is 12.7. The molecule has 1 atom stereocenters. The molecular formula is C20H15N3O3S. The monoisotopic (exact) mass is 377 g/mol. The molecule has 3 aromatic rings. The maximum absolute atomic E-state index is 12.8. The number of hydrogen-bond acceptors (Lipinski definition) is 6. The number of thiophene rings is 1. The van der Waals surface area contributed by atoms with E-state index in [1.165, 1.54) is 28.6 Å². The van der Waals surface area contributed by atoms with E-state index in [2.05, 4.69) is 9.97 Å². The Morgan fingerprint density at radius 2 is 1.89 bits per heavy atom. The van der Waals surface area contributed by atoms with Gasteiger partial charge in [0.15, 0.2) is 0 Å². The van der Waals surface area contributed by atoms with Crippen LogP contribution in [0.4, 0.5) is 0 Å². The van der Waals surface area contributed by atoms with Crippen molar-refractivity contribution in [2.45, 2.75) is 12.6 Å². The number of nitrogens with zero attached hydrogens (tertiary/aromatic N) is 3. The largest absolute Gasteiger partial charge is 0.507 e. The van der Waals surface area contributed by atoms with Crippen LogP contribution in [-0.4, -0.2) is 31.7 Å². The minimum atomic E-state index is -0.700. The number of aromatic nitrogens is 2. The molecule has 1 unspecified atom stereocenters. The van der Waals surface area contributed by atoms with Crippen molar-refractivity contribution in [3.63, 3.8) is 0 Å². The van der Waals surface area contributed by atoms with E-state index in [0.29, 0.717) is 11.1 Å². The number of carbonyl (C=O) groups is 2. The Labute approximate surface area is 159 Å². The summed E-state index contributed by atoms with van der Waals surface area (Å²) in [4.78, 5) is 36.0. The fraction of sp³-hybridized carbons (Fsp3) is 0.100. The number of hydrogen-bond donors (Lipinski definition) is 1. The van der Waals surface area contributed by atoms with Gasteiger partial charge in [0.1, 0.15) is 5.76 Å². The maximum Gasteiger partial charge on any atom is 0.295 e. The molecule has 4 heterocycles. The first-order chi connectivity index (χ1) is 13.2. The van der Waals surface area contributed by atoms with E-state index in [-0.39, 0.29) is 17.9 Å². The van der Waals surface area contributed by atoms with Crippen LogP contribution in [-0.2, 0) is 16.1 Å². The van der Waals surface area contributed by atoms with E-state index in [0.717, 1.165) is 4.88 Å². The van der Waals surface area contributed by atoms with Gasteiger partial charge in [-0.25, -0.2) is 0 Å². The normalized spacial score (nSPS) is 18.8. The Hall–Kier alpha value is -3.32. The van der Waals surface area contributed by atoms with Gasteiger partial charge in [0.25, 0.3) is 11.7 Å². The van der Waals surface area contributed by atoms with E-state index in [4.69, 9.17) is 0 Å². The number of aliphatic hydroxyl groups is 1. The molecule has 1 saturated heterocycles. The van der Waals surface area contributed by atoms with E-state index in [1.807, 2.05) is 17.5 Å². The lowest BCUT2D eigenvalue weighted by Crippen LogP contribution is -2.28. The summed E-state index contributed by atoms with van der Waals surface area (Å²) in [7, 11) is 0. The SMILES string of the molecule is O=C1C(=O)N(Cc2cccs2)C(c2cccnc2)/C1=C(/O)c1ccncc1. The molecule has 7 heteroatoms. The lowest BCUT2D eigenvalue weighted by atomic mass is 9.96. The fourth-order valence-corrected chi connectivity index (χ4v) is 3.87. The second-order valence-electron chi connectivity index (χ2n) is 6.03. The molecular weight excluding hydrogens is 362 g/mol. The molecule has 0 aliphatic carbocycles. The van der Waals surface area contributed by atoms with E-state index < -0.39 is 17.7 Å². The van der Waals surface area contributed by atoms with E-state index in [9.17, 15) is 14.7 Å². The number of Topliss-reactive ketones (excluding diaryl/α,β-unsaturated/α-hetero) is 1. The van der Waals surface area contributed by atoms with Crippen LogP contribution in [0.1, 0.15) is 22.0 Å². The highest BCUT2D eigenvalue weighted by Crippen LogP contribution is 2.40. The number of likely N-dealkylation sites (tertiary alicyclic amines) is 1. The summed E-state index contributed by atoms with van der Waals surface area (Å²) in [6, 6.07) is 9.84. The first-order valence-corrected chi connectivity index (χ1v) is 9.16. The number of amides is 1. The molecule has 0 spiro atoms. The second-order valence-corrected chi connectivity index (χ2v) is 7.06. The Balaban J connectivity index is 1.86. The highest BCUT2D eigenvalue weighted by molar-refractivity contribution is 7.09. The Morgan fingerprint density at radius 3 is 2.56 bits per heavy atom. The topological polar surface area (TPSA) is 83.4 Å². The van der Waals surface area contributed by atoms with E-state index >= 15 is 0 Å². The van der Waals surface area contributed by atoms with Gasteiger partial charge in [-0.05, 0) is 35.2 Å². The van der Waals surface area contributed by atoms with Gasteiger partial charge in [-0.15, -0.1) is 11.3 Å². The van der Waals surface area contributed by atoms with Gasteiger partial charge in [0.05, 0.1) is 18.2 Å². The number of ketones is 1. The minimum absolute atomic E-state index is 0.0655. The quantitative estimate of drug-likeness (QED) is 0.429. The number of pyridine rings is 2. The van der Waals surface area contributed by atoms with Crippen LogP contribution in [0.3, 0.4) is 0 Å². The van der Waals surface area contributed by atoms with Crippen LogP contribution >= 0.6 is 11.3 Å². The lowest BCUT2D eigenvalue weighted by molar-refractivity contribution is -0.140. The summed E-state index contributed by atoms with van der Waals surface area (Å²) in [6.07, 6.45) is 6.28. The summed E-state index contributed by atoms with van der Waals surface area (Å²) >= 11 is 1.51. The van der Waals surface area contributed by atoms with Gasteiger partial charge in [0, 0.05) is 35.2 Å². The van der Waals surface area contributed by atoms with Crippen molar-refractivity contribution in [3.8, 4) is 0 Å². The number of rotatable bonds is 4. The molecule has 134 valence electrons. The lowest BCUT2D eigenvalue weighted by Gasteiger charge is -2.24. The molecule has 4 rings (SSSR count). The summed E-state index contributed by atoms with van der Waals surface area (Å²) in [5.74, 6) is -1.54. The van der Waals surface area contributed by atoms with Crippen molar-refractivity contribution in [2.24, 2.45) is 0 Å². The molecule has 1 aliphatic heterocycles. The number of carbonyl (C=O) groups excluding carboxylic acids is 2. The third kappa shape index (κ3) is 3.13. The standard InChI is InChI=1S/C20H15N3O3S/c24-18(13-5-8-21-9-6-13)16-17(14-3-1-7-22-11-14)23(20(26)19(16)25)12-15-4-2-10-27-15/h1-11,17,24H,12H2/b18-16-. The third-order valence-corrected chi connectivity index (χ3v) is 5.26. The van der Waals surface area contributed by atoms with Crippen LogP contribution in [0.25, 0.3) is 5.76 Å². The van der Waals surface area contributed by atoms with Crippen molar-refractivity contribution in [1.29, 1.82) is 0 Å². The first-order valence-electron chi connectivity index (χ1n) is 8.28.